The van der Waals surface area contributed by atoms with Crippen molar-refractivity contribution in [1.82, 2.24) is 19.8 Å². The largest absolute Gasteiger partial charge is 0.497 e. The fourth-order valence-electron chi connectivity index (χ4n) is 3.46. The molecule has 7 nitrogen and oxygen atoms in total. The van der Waals surface area contributed by atoms with E-state index in [0.717, 1.165) is 35.8 Å². The number of nitrogens with zero attached hydrogens (tertiary/aromatic N) is 4. The molecule has 152 valence electrons. The fraction of sp³-hybridized carbons (Fsp3) is 0.524. The van der Waals surface area contributed by atoms with Crippen LogP contribution in [0, 0.1) is 0 Å². The number of aliphatic hydroxyl groups excluding tert-OH is 1. The molecule has 0 radical (unpaired) electrons. The molecule has 7 heteroatoms. The van der Waals surface area contributed by atoms with Crippen LogP contribution in [0.5, 0.6) is 11.5 Å². The van der Waals surface area contributed by atoms with Gasteiger partial charge in [0.15, 0.2) is 0 Å². The van der Waals surface area contributed by atoms with Gasteiger partial charge in [-0.05, 0) is 45.1 Å². The average molecular weight is 386 g/mol. The zero-order valence-electron chi connectivity index (χ0n) is 16.8. The van der Waals surface area contributed by atoms with Crippen molar-refractivity contribution in [3.05, 3.63) is 48.0 Å². The normalized spacial score (nSPS) is 15.7. The standard InChI is InChI=1S/C21H30N4O3/c1-24(13-18-7-8-22-16-23-18)12-17-5-6-20(27-2)11-21(17)28-15-19(26)14-25-9-3-4-10-25/h5-8,11,16,19,26H,3-4,9-10,12-15H2,1-2H3. The predicted octanol–water partition coefficient (Wildman–Crippen LogP) is 1.95. The number of hydrogen-bond acceptors (Lipinski definition) is 7. The van der Waals surface area contributed by atoms with Gasteiger partial charge < -0.3 is 19.5 Å². The van der Waals surface area contributed by atoms with Gasteiger partial charge in [0.25, 0.3) is 0 Å². The second-order valence-corrected chi connectivity index (χ2v) is 7.32. The van der Waals surface area contributed by atoms with E-state index in [9.17, 15) is 5.11 Å². The van der Waals surface area contributed by atoms with Crippen LogP contribution >= 0.6 is 0 Å². The number of β-amino-alcohol motifs (C(OH)–C–C–N with tert-alkyl or cyclic N) is 1. The van der Waals surface area contributed by atoms with E-state index >= 15 is 0 Å². The molecule has 28 heavy (non-hydrogen) atoms. The van der Waals surface area contributed by atoms with Crippen LogP contribution in [0.4, 0.5) is 0 Å². The van der Waals surface area contributed by atoms with Crippen molar-refractivity contribution >= 4 is 0 Å². The number of aromatic nitrogens is 2. The number of ether oxygens (including phenoxy) is 2. The molecule has 0 spiro atoms. The van der Waals surface area contributed by atoms with Gasteiger partial charge in [0, 0.05) is 37.5 Å². The van der Waals surface area contributed by atoms with Crippen molar-refractivity contribution in [1.29, 1.82) is 0 Å². The monoisotopic (exact) mass is 386 g/mol. The maximum Gasteiger partial charge on any atom is 0.127 e. The first kappa shape index (κ1) is 20.5. The van der Waals surface area contributed by atoms with Gasteiger partial charge in [-0.2, -0.15) is 0 Å². The van der Waals surface area contributed by atoms with Crippen molar-refractivity contribution in [3.8, 4) is 11.5 Å². The Morgan fingerprint density at radius 3 is 2.75 bits per heavy atom. The molecule has 3 rings (SSSR count). The molecule has 1 unspecified atom stereocenters. The lowest BCUT2D eigenvalue weighted by molar-refractivity contribution is 0.0750. The van der Waals surface area contributed by atoms with Crippen LogP contribution in [-0.4, -0.2) is 71.4 Å². The van der Waals surface area contributed by atoms with Crippen molar-refractivity contribution in [2.24, 2.45) is 0 Å². The molecule has 1 aromatic heterocycles. The molecule has 1 aliphatic rings. The van der Waals surface area contributed by atoms with E-state index < -0.39 is 6.10 Å². The number of benzene rings is 1. The quantitative estimate of drug-likeness (QED) is 0.669. The molecule has 2 heterocycles. The van der Waals surface area contributed by atoms with Crippen LogP contribution in [0.2, 0.25) is 0 Å². The number of hydrogen-bond donors (Lipinski definition) is 1. The summed E-state index contributed by atoms with van der Waals surface area (Å²) in [6, 6.07) is 7.74. The van der Waals surface area contributed by atoms with Gasteiger partial charge in [-0.3, -0.25) is 4.90 Å². The minimum atomic E-state index is -0.504. The van der Waals surface area contributed by atoms with Crippen molar-refractivity contribution in [2.45, 2.75) is 32.0 Å². The molecule has 1 fully saturated rings. The maximum atomic E-state index is 10.3. The summed E-state index contributed by atoms with van der Waals surface area (Å²) in [5.41, 5.74) is 2.01. The van der Waals surface area contributed by atoms with E-state index in [4.69, 9.17) is 9.47 Å². The lowest BCUT2D eigenvalue weighted by atomic mass is 10.1. The third-order valence-electron chi connectivity index (χ3n) is 4.89. The van der Waals surface area contributed by atoms with Gasteiger partial charge in [-0.15, -0.1) is 0 Å². The van der Waals surface area contributed by atoms with Crippen LogP contribution in [0.3, 0.4) is 0 Å². The van der Waals surface area contributed by atoms with Gasteiger partial charge in [-0.1, -0.05) is 6.07 Å². The molecule has 1 atom stereocenters. The first-order valence-electron chi connectivity index (χ1n) is 9.77. The SMILES string of the molecule is COc1ccc(CN(C)Cc2ccncn2)c(OCC(O)CN2CCCC2)c1. The second kappa shape index (κ2) is 10.4. The van der Waals surface area contributed by atoms with Crippen LogP contribution in [0.25, 0.3) is 0 Å². The lowest BCUT2D eigenvalue weighted by Crippen LogP contribution is -2.33. The van der Waals surface area contributed by atoms with E-state index in [1.54, 1.807) is 19.6 Å². The fourth-order valence-corrected chi connectivity index (χ4v) is 3.46. The molecule has 1 aromatic carbocycles. The Kier molecular flexibility index (Phi) is 7.59. The van der Waals surface area contributed by atoms with Gasteiger partial charge in [0.2, 0.25) is 0 Å². The zero-order chi connectivity index (χ0) is 19.8. The smallest absolute Gasteiger partial charge is 0.127 e. The Morgan fingerprint density at radius 2 is 2.04 bits per heavy atom. The molecular weight excluding hydrogens is 356 g/mol. The van der Waals surface area contributed by atoms with Crippen LogP contribution in [0.15, 0.2) is 36.8 Å². The summed E-state index contributed by atoms with van der Waals surface area (Å²) in [7, 11) is 3.68. The Labute approximate surface area is 166 Å². The average Bonchev–Trinajstić information content (AvgIpc) is 3.21. The van der Waals surface area contributed by atoms with E-state index in [-0.39, 0.29) is 6.61 Å². The highest BCUT2D eigenvalue weighted by atomic mass is 16.5. The van der Waals surface area contributed by atoms with Crippen LogP contribution in [-0.2, 0) is 13.1 Å². The molecule has 0 bridgehead atoms. The van der Waals surface area contributed by atoms with Crippen LogP contribution in [0.1, 0.15) is 24.1 Å². The summed E-state index contributed by atoms with van der Waals surface area (Å²) < 4.78 is 11.3. The minimum absolute atomic E-state index is 0.270. The van der Waals surface area contributed by atoms with Gasteiger partial charge in [0.1, 0.15) is 30.5 Å². The summed E-state index contributed by atoms with van der Waals surface area (Å²) in [6.07, 6.45) is 5.24. The highest BCUT2D eigenvalue weighted by Gasteiger charge is 2.17. The van der Waals surface area contributed by atoms with Gasteiger partial charge in [0.05, 0.1) is 12.8 Å². The van der Waals surface area contributed by atoms with Gasteiger partial charge >= 0.3 is 0 Å². The van der Waals surface area contributed by atoms with Crippen molar-refractivity contribution < 1.29 is 14.6 Å². The molecule has 1 saturated heterocycles. The van der Waals surface area contributed by atoms with Crippen molar-refractivity contribution in [3.63, 3.8) is 0 Å². The predicted molar refractivity (Wildman–Crippen MR) is 107 cm³/mol. The Hall–Kier alpha value is -2.22. The number of aliphatic hydroxyl groups is 1. The first-order valence-corrected chi connectivity index (χ1v) is 9.77. The maximum absolute atomic E-state index is 10.3. The number of rotatable bonds is 10. The van der Waals surface area contributed by atoms with E-state index in [1.165, 1.54) is 12.8 Å². The Balaban J connectivity index is 1.60. The van der Waals surface area contributed by atoms with Crippen molar-refractivity contribution in [2.75, 3.05) is 40.4 Å². The van der Waals surface area contributed by atoms with Gasteiger partial charge in [-0.25, -0.2) is 9.97 Å². The summed E-state index contributed by atoms with van der Waals surface area (Å²) in [5.74, 6) is 1.49. The third-order valence-corrected chi connectivity index (χ3v) is 4.89. The molecule has 0 aliphatic carbocycles. The molecule has 0 amide bonds. The topological polar surface area (TPSA) is 71.0 Å². The molecule has 0 saturated carbocycles. The number of methoxy groups -OCH3 is 1. The van der Waals surface area contributed by atoms with E-state index in [0.29, 0.717) is 19.6 Å². The summed E-state index contributed by atoms with van der Waals surface area (Å²) >= 11 is 0. The summed E-state index contributed by atoms with van der Waals surface area (Å²) in [5, 5.41) is 10.3. The minimum Gasteiger partial charge on any atom is -0.497 e. The van der Waals surface area contributed by atoms with E-state index in [1.807, 2.05) is 31.3 Å². The third kappa shape index (κ3) is 6.15. The zero-order valence-corrected chi connectivity index (χ0v) is 16.8. The van der Waals surface area contributed by atoms with E-state index in [2.05, 4.69) is 19.8 Å². The van der Waals surface area contributed by atoms with Crippen LogP contribution < -0.4 is 9.47 Å². The Morgan fingerprint density at radius 1 is 1.21 bits per heavy atom. The highest BCUT2D eigenvalue weighted by molar-refractivity contribution is 5.40. The highest BCUT2D eigenvalue weighted by Crippen LogP contribution is 2.26. The molecule has 1 N–H and O–H groups in total. The number of likely N-dealkylation sites (tertiary alicyclic amines) is 1. The summed E-state index contributed by atoms with van der Waals surface area (Å²) in [4.78, 5) is 12.7. The Bertz CT molecular complexity index is 723. The first-order chi connectivity index (χ1) is 13.6. The molecular formula is C21H30N4O3. The second-order valence-electron chi connectivity index (χ2n) is 7.32. The molecule has 1 aliphatic heterocycles. The summed E-state index contributed by atoms with van der Waals surface area (Å²) in [6.45, 7) is 4.47. The molecule has 2 aromatic rings. The lowest BCUT2D eigenvalue weighted by Gasteiger charge is -2.22.